The fourth-order valence-electron chi connectivity index (χ4n) is 3.46. The highest BCUT2D eigenvalue weighted by atomic mass is 19.1. The molecule has 2 aliphatic rings. The van der Waals surface area contributed by atoms with Crippen LogP contribution in [0.3, 0.4) is 0 Å². The van der Waals surface area contributed by atoms with Crippen molar-refractivity contribution in [1.29, 1.82) is 0 Å². The van der Waals surface area contributed by atoms with Crippen LogP contribution in [0.1, 0.15) is 43.9 Å². The third-order valence-electron chi connectivity index (χ3n) is 4.89. The van der Waals surface area contributed by atoms with Gasteiger partial charge in [-0.1, -0.05) is 6.07 Å². The number of nitrogens with zero attached hydrogens (tertiary/aromatic N) is 1. The zero-order valence-corrected chi connectivity index (χ0v) is 13.1. The predicted molar refractivity (Wildman–Crippen MR) is 82.0 cm³/mol. The van der Waals surface area contributed by atoms with Gasteiger partial charge in [0.05, 0.1) is 13.2 Å². The fraction of sp³-hybridized carbons (Fsp3) is 0.647. The first-order chi connectivity index (χ1) is 10.1. The Kier molecular flexibility index (Phi) is 4.29. The van der Waals surface area contributed by atoms with Gasteiger partial charge in [-0.15, -0.1) is 0 Å². The first-order valence-electron chi connectivity index (χ1n) is 7.92. The molecule has 0 bridgehead atoms. The maximum Gasteiger partial charge on any atom is 0.123 e. The van der Waals surface area contributed by atoms with E-state index >= 15 is 0 Å². The standard InChI is InChI=1S/C17H25FN2O/c1-11-8-20(12(2)7-19-11)13(3)16-5-4-15(18)6-17(16)14-9-21-10-14/h4-6,11-14,19H,7-10H2,1-3H3/t11-,12+,13?/m0/s1. The molecule has 3 nitrogen and oxygen atoms in total. The van der Waals surface area contributed by atoms with Gasteiger partial charge in [-0.05, 0) is 44.0 Å². The Hall–Kier alpha value is -0.970. The number of nitrogens with one attached hydrogen (secondary N) is 1. The minimum absolute atomic E-state index is 0.144. The number of benzene rings is 1. The van der Waals surface area contributed by atoms with Crippen LogP contribution in [0.5, 0.6) is 0 Å². The molecule has 21 heavy (non-hydrogen) atoms. The summed E-state index contributed by atoms with van der Waals surface area (Å²) in [7, 11) is 0. The molecule has 1 aromatic carbocycles. The number of rotatable bonds is 3. The van der Waals surface area contributed by atoms with Crippen LogP contribution in [0.2, 0.25) is 0 Å². The Bertz CT molecular complexity index is 504. The zero-order chi connectivity index (χ0) is 15.0. The van der Waals surface area contributed by atoms with E-state index in [0.717, 1.165) is 31.9 Å². The van der Waals surface area contributed by atoms with Gasteiger partial charge in [-0.2, -0.15) is 0 Å². The normalized spacial score (nSPS) is 29.1. The summed E-state index contributed by atoms with van der Waals surface area (Å²) in [5, 5.41) is 3.52. The number of halogens is 1. The van der Waals surface area contributed by atoms with Gasteiger partial charge in [0.2, 0.25) is 0 Å². The first kappa shape index (κ1) is 14.9. The van der Waals surface area contributed by atoms with Gasteiger partial charge >= 0.3 is 0 Å². The summed E-state index contributed by atoms with van der Waals surface area (Å²) >= 11 is 0. The molecule has 3 rings (SSSR count). The molecule has 2 saturated heterocycles. The molecule has 2 aliphatic heterocycles. The van der Waals surface area contributed by atoms with Crippen molar-refractivity contribution in [1.82, 2.24) is 10.2 Å². The molecule has 1 aromatic rings. The van der Waals surface area contributed by atoms with Gasteiger partial charge in [0.15, 0.2) is 0 Å². The smallest absolute Gasteiger partial charge is 0.123 e. The van der Waals surface area contributed by atoms with Gasteiger partial charge in [-0.3, -0.25) is 4.90 Å². The van der Waals surface area contributed by atoms with Gasteiger partial charge in [0, 0.05) is 37.1 Å². The van der Waals surface area contributed by atoms with Crippen LogP contribution in [0.4, 0.5) is 4.39 Å². The summed E-state index contributed by atoms with van der Waals surface area (Å²) in [4.78, 5) is 2.53. The van der Waals surface area contributed by atoms with E-state index in [-0.39, 0.29) is 5.82 Å². The first-order valence-corrected chi connectivity index (χ1v) is 7.92. The molecule has 0 spiro atoms. The second kappa shape index (κ2) is 6.03. The number of hydrogen-bond acceptors (Lipinski definition) is 3. The molecule has 1 N–H and O–H groups in total. The summed E-state index contributed by atoms with van der Waals surface area (Å²) < 4.78 is 18.9. The van der Waals surface area contributed by atoms with E-state index in [2.05, 4.69) is 31.0 Å². The fourth-order valence-corrected chi connectivity index (χ4v) is 3.46. The second-order valence-corrected chi connectivity index (χ2v) is 6.54. The number of ether oxygens (including phenoxy) is 1. The van der Waals surface area contributed by atoms with Crippen molar-refractivity contribution in [2.75, 3.05) is 26.3 Å². The molecule has 1 unspecified atom stereocenters. The van der Waals surface area contributed by atoms with Crippen LogP contribution in [-0.4, -0.2) is 43.3 Å². The lowest BCUT2D eigenvalue weighted by atomic mass is 9.88. The quantitative estimate of drug-likeness (QED) is 0.927. The van der Waals surface area contributed by atoms with E-state index in [0.29, 0.717) is 24.0 Å². The summed E-state index contributed by atoms with van der Waals surface area (Å²) in [6.07, 6.45) is 0. The predicted octanol–water partition coefficient (Wildman–Crippen LogP) is 2.68. The Labute approximate surface area is 126 Å². The molecule has 116 valence electrons. The highest BCUT2D eigenvalue weighted by Gasteiger charge is 2.31. The molecule has 0 aromatic heterocycles. The van der Waals surface area contributed by atoms with Crippen LogP contribution < -0.4 is 5.32 Å². The average Bonchev–Trinajstić information content (AvgIpc) is 2.39. The van der Waals surface area contributed by atoms with Crippen LogP contribution in [0.15, 0.2) is 18.2 Å². The van der Waals surface area contributed by atoms with Crippen molar-refractivity contribution >= 4 is 0 Å². The Morgan fingerprint density at radius 1 is 1.33 bits per heavy atom. The van der Waals surface area contributed by atoms with E-state index in [9.17, 15) is 4.39 Å². The average molecular weight is 292 g/mol. The Morgan fingerprint density at radius 2 is 2.10 bits per heavy atom. The highest BCUT2D eigenvalue weighted by molar-refractivity contribution is 5.35. The third-order valence-corrected chi connectivity index (χ3v) is 4.89. The summed E-state index contributed by atoms with van der Waals surface area (Å²) in [5.74, 6) is 0.211. The lowest BCUT2D eigenvalue weighted by molar-refractivity contribution is 0.00702. The van der Waals surface area contributed by atoms with E-state index < -0.39 is 0 Å². The minimum Gasteiger partial charge on any atom is -0.380 e. The van der Waals surface area contributed by atoms with Crippen LogP contribution in [0.25, 0.3) is 0 Å². The van der Waals surface area contributed by atoms with E-state index in [1.807, 2.05) is 6.07 Å². The van der Waals surface area contributed by atoms with Gasteiger partial charge in [0.1, 0.15) is 5.82 Å². The lowest BCUT2D eigenvalue weighted by Crippen LogP contribution is -2.54. The highest BCUT2D eigenvalue weighted by Crippen LogP contribution is 2.34. The topological polar surface area (TPSA) is 24.5 Å². The summed E-state index contributed by atoms with van der Waals surface area (Å²) in [5.41, 5.74) is 2.39. The van der Waals surface area contributed by atoms with Gasteiger partial charge < -0.3 is 10.1 Å². The van der Waals surface area contributed by atoms with Gasteiger partial charge in [-0.25, -0.2) is 4.39 Å². The van der Waals surface area contributed by atoms with E-state index in [4.69, 9.17) is 4.74 Å². The minimum atomic E-state index is -0.144. The Balaban J connectivity index is 1.87. The Morgan fingerprint density at radius 3 is 2.76 bits per heavy atom. The number of hydrogen-bond donors (Lipinski definition) is 1. The van der Waals surface area contributed by atoms with E-state index in [1.54, 1.807) is 12.1 Å². The summed E-state index contributed by atoms with van der Waals surface area (Å²) in [6, 6.07) is 6.56. The lowest BCUT2D eigenvalue weighted by Gasteiger charge is -2.42. The van der Waals surface area contributed by atoms with Crippen LogP contribution in [-0.2, 0) is 4.74 Å². The molecule has 2 fully saturated rings. The van der Waals surface area contributed by atoms with Crippen molar-refractivity contribution < 1.29 is 9.13 Å². The molecular weight excluding hydrogens is 267 g/mol. The number of piperazine rings is 1. The SMILES string of the molecule is CC(c1ccc(F)cc1C1COC1)N1C[C@H](C)NC[C@H]1C. The molecule has 0 aliphatic carbocycles. The summed E-state index contributed by atoms with van der Waals surface area (Å²) in [6.45, 7) is 10.2. The molecule has 4 heteroatoms. The molecule has 0 amide bonds. The van der Waals surface area contributed by atoms with Crippen molar-refractivity contribution in [3.63, 3.8) is 0 Å². The third kappa shape index (κ3) is 2.98. The molecular formula is C17H25FN2O. The molecule has 2 heterocycles. The second-order valence-electron chi connectivity index (χ2n) is 6.54. The maximum absolute atomic E-state index is 13.6. The van der Waals surface area contributed by atoms with E-state index in [1.165, 1.54) is 5.56 Å². The maximum atomic E-state index is 13.6. The van der Waals surface area contributed by atoms with Crippen molar-refractivity contribution in [3.8, 4) is 0 Å². The van der Waals surface area contributed by atoms with Crippen molar-refractivity contribution in [3.05, 3.63) is 35.1 Å². The molecule has 3 atom stereocenters. The van der Waals surface area contributed by atoms with Crippen molar-refractivity contribution in [2.24, 2.45) is 0 Å². The van der Waals surface area contributed by atoms with Crippen molar-refractivity contribution in [2.45, 2.75) is 44.8 Å². The monoisotopic (exact) mass is 292 g/mol. The molecule has 0 radical (unpaired) electrons. The van der Waals surface area contributed by atoms with Gasteiger partial charge in [0.25, 0.3) is 0 Å². The van der Waals surface area contributed by atoms with Crippen LogP contribution >= 0.6 is 0 Å². The zero-order valence-electron chi connectivity index (χ0n) is 13.1. The molecule has 0 saturated carbocycles. The largest absolute Gasteiger partial charge is 0.380 e. The van der Waals surface area contributed by atoms with Crippen LogP contribution in [0, 0.1) is 5.82 Å².